The predicted molar refractivity (Wildman–Crippen MR) is 107 cm³/mol. The highest BCUT2D eigenvalue weighted by molar-refractivity contribution is 7.89. The quantitative estimate of drug-likeness (QED) is 0.741. The lowest BCUT2D eigenvalue weighted by Crippen LogP contribution is -2.50. The SMILES string of the molecule is O=C(CC12CC3CC(CC(C3)C1)C2)NNS(=O)(=O)c1ccc2c(c1)CCCC2. The van der Waals surface area contributed by atoms with Crippen LogP contribution in [0.2, 0.25) is 0 Å². The van der Waals surface area contributed by atoms with E-state index >= 15 is 0 Å². The predicted octanol–water partition coefficient (Wildman–Crippen LogP) is 3.48. The van der Waals surface area contributed by atoms with E-state index in [0.29, 0.717) is 6.42 Å². The van der Waals surface area contributed by atoms with Crippen LogP contribution in [0.15, 0.2) is 23.1 Å². The average Bonchev–Trinajstić information content (AvgIpc) is 2.64. The van der Waals surface area contributed by atoms with E-state index in [-0.39, 0.29) is 16.2 Å². The summed E-state index contributed by atoms with van der Waals surface area (Å²) in [4.78, 5) is 15.2. The fourth-order valence-corrected chi connectivity index (χ4v) is 7.86. The van der Waals surface area contributed by atoms with Gasteiger partial charge in [-0.1, -0.05) is 6.07 Å². The number of amides is 1. The highest BCUT2D eigenvalue weighted by atomic mass is 32.2. The number of hydrazine groups is 1. The van der Waals surface area contributed by atoms with Gasteiger partial charge in [0.2, 0.25) is 5.91 Å². The number of hydrogen-bond acceptors (Lipinski definition) is 3. The summed E-state index contributed by atoms with van der Waals surface area (Å²) in [6.45, 7) is 0. The first-order valence-electron chi connectivity index (χ1n) is 10.8. The van der Waals surface area contributed by atoms with E-state index < -0.39 is 10.0 Å². The lowest BCUT2D eigenvalue weighted by Gasteiger charge is -2.56. The van der Waals surface area contributed by atoms with Crippen LogP contribution in [0.25, 0.3) is 0 Å². The van der Waals surface area contributed by atoms with Gasteiger partial charge in [0, 0.05) is 6.42 Å². The maximum absolute atomic E-state index is 12.7. The van der Waals surface area contributed by atoms with E-state index in [1.165, 1.54) is 24.8 Å². The zero-order valence-electron chi connectivity index (χ0n) is 16.4. The van der Waals surface area contributed by atoms with E-state index in [0.717, 1.165) is 68.3 Å². The van der Waals surface area contributed by atoms with Crippen molar-refractivity contribution in [2.75, 3.05) is 0 Å². The molecule has 5 aliphatic carbocycles. The first kappa shape index (κ1) is 18.6. The summed E-state index contributed by atoms with van der Waals surface area (Å²) in [6.07, 6.45) is 12.1. The van der Waals surface area contributed by atoms with Crippen molar-refractivity contribution in [2.45, 2.75) is 75.5 Å². The highest BCUT2D eigenvalue weighted by Gasteiger charge is 2.51. The molecule has 6 heteroatoms. The second kappa shape index (κ2) is 6.84. The molecule has 0 aromatic heterocycles. The van der Waals surface area contributed by atoms with Crippen LogP contribution in [0, 0.1) is 23.2 Å². The third-order valence-corrected chi connectivity index (χ3v) is 8.90. The van der Waals surface area contributed by atoms with E-state index in [1.54, 1.807) is 12.1 Å². The summed E-state index contributed by atoms with van der Waals surface area (Å²) in [6, 6.07) is 5.33. The molecule has 6 rings (SSSR count). The van der Waals surface area contributed by atoms with Crippen LogP contribution in [0.5, 0.6) is 0 Å². The van der Waals surface area contributed by atoms with E-state index in [4.69, 9.17) is 0 Å². The Hall–Kier alpha value is -1.40. The average molecular weight is 403 g/mol. The Balaban J connectivity index is 1.23. The van der Waals surface area contributed by atoms with Gasteiger partial charge in [0.1, 0.15) is 0 Å². The minimum atomic E-state index is -3.74. The molecule has 28 heavy (non-hydrogen) atoms. The molecule has 0 spiro atoms. The van der Waals surface area contributed by atoms with Crippen LogP contribution in [0.1, 0.15) is 68.9 Å². The Morgan fingerprint density at radius 2 is 1.57 bits per heavy atom. The number of benzene rings is 1. The van der Waals surface area contributed by atoms with Crippen LogP contribution >= 0.6 is 0 Å². The van der Waals surface area contributed by atoms with Gasteiger partial charge in [-0.25, -0.2) is 8.42 Å². The van der Waals surface area contributed by atoms with Gasteiger partial charge < -0.3 is 0 Å². The Bertz CT molecular complexity index is 858. The summed E-state index contributed by atoms with van der Waals surface area (Å²) < 4.78 is 25.3. The molecule has 2 N–H and O–H groups in total. The first-order valence-corrected chi connectivity index (χ1v) is 12.3. The summed E-state index contributed by atoms with van der Waals surface area (Å²) in [7, 11) is -3.74. The lowest BCUT2D eigenvalue weighted by atomic mass is 9.49. The van der Waals surface area contributed by atoms with Crippen LogP contribution in [0.3, 0.4) is 0 Å². The third kappa shape index (κ3) is 3.50. The molecule has 0 aliphatic heterocycles. The van der Waals surface area contributed by atoms with Crippen LogP contribution in [-0.2, 0) is 27.7 Å². The molecular formula is C22H30N2O3S. The van der Waals surface area contributed by atoms with Gasteiger partial charge in [-0.3, -0.25) is 10.2 Å². The molecule has 1 amide bonds. The topological polar surface area (TPSA) is 75.3 Å². The minimum Gasteiger partial charge on any atom is -0.278 e. The molecule has 5 nitrogen and oxygen atoms in total. The molecule has 4 saturated carbocycles. The summed E-state index contributed by atoms with van der Waals surface area (Å²) in [5.41, 5.74) is 4.97. The Morgan fingerprint density at radius 3 is 2.21 bits per heavy atom. The van der Waals surface area contributed by atoms with Crippen LogP contribution < -0.4 is 10.3 Å². The van der Waals surface area contributed by atoms with Crippen molar-refractivity contribution in [3.63, 3.8) is 0 Å². The maximum atomic E-state index is 12.7. The second-order valence-corrected chi connectivity index (χ2v) is 11.6. The Kier molecular flexibility index (Phi) is 4.55. The van der Waals surface area contributed by atoms with Gasteiger partial charge in [-0.2, -0.15) is 0 Å². The van der Waals surface area contributed by atoms with E-state index in [1.807, 2.05) is 6.07 Å². The van der Waals surface area contributed by atoms with Crippen molar-refractivity contribution in [1.82, 2.24) is 10.3 Å². The Labute approximate surface area is 167 Å². The smallest absolute Gasteiger partial charge is 0.257 e. The largest absolute Gasteiger partial charge is 0.278 e. The molecule has 0 heterocycles. The second-order valence-electron chi connectivity index (χ2n) is 9.89. The Morgan fingerprint density at radius 1 is 0.964 bits per heavy atom. The van der Waals surface area contributed by atoms with E-state index in [2.05, 4.69) is 10.3 Å². The zero-order valence-corrected chi connectivity index (χ0v) is 17.2. The summed E-state index contributed by atoms with van der Waals surface area (Å²) in [5, 5.41) is 0. The molecule has 152 valence electrons. The number of aryl methyl sites for hydroxylation is 2. The fraction of sp³-hybridized carbons (Fsp3) is 0.682. The number of rotatable bonds is 5. The normalized spacial score (nSPS) is 33.5. The number of nitrogens with one attached hydrogen (secondary N) is 2. The zero-order chi connectivity index (χ0) is 19.4. The molecule has 5 aliphatic rings. The molecular weight excluding hydrogens is 372 g/mol. The van der Waals surface area contributed by atoms with Gasteiger partial charge >= 0.3 is 0 Å². The third-order valence-electron chi connectivity index (χ3n) is 7.66. The number of hydrogen-bond donors (Lipinski definition) is 2. The van der Waals surface area contributed by atoms with Gasteiger partial charge in [-0.15, -0.1) is 4.83 Å². The molecule has 4 bridgehead atoms. The molecule has 0 atom stereocenters. The van der Waals surface area contributed by atoms with Crippen LogP contribution in [-0.4, -0.2) is 14.3 Å². The molecule has 0 saturated heterocycles. The van der Waals surface area contributed by atoms with Gasteiger partial charge in [0.15, 0.2) is 0 Å². The number of fused-ring (bicyclic) bond motifs is 1. The monoisotopic (exact) mass is 402 g/mol. The van der Waals surface area contributed by atoms with Crippen molar-refractivity contribution >= 4 is 15.9 Å². The minimum absolute atomic E-state index is 0.107. The van der Waals surface area contributed by atoms with Gasteiger partial charge in [0.05, 0.1) is 4.90 Å². The van der Waals surface area contributed by atoms with Crippen molar-refractivity contribution in [1.29, 1.82) is 0 Å². The lowest BCUT2D eigenvalue weighted by molar-refractivity contribution is -0.129. The van der Waals surface area contributed by atoms with Gasteiger partial charge in [0.25, 0.3) is 10.0 Å². The number of sulfonamides is 1. The molecule has 1 aromatic rings. The first-order chi connectivity index (χ1) is 13.4. The molecule has 0 radical (unpaired) electrons. The van der Waals surface area contributed by atoms with Crippen molar-refractivity contribution < 1.29 is 13.2 Å². The maximum Gasteiger partial charge on any atom is 0.257 e. The number of carbonyl (C=O) groups excluding carboxylic acids is 1. The standard InChI is InChI=1S/C22H30N2O3S/c25-21(14-22-11-15-7-16(12-22)9-17(8-15)13-22)23-24-28(26,27)20-6-5-18-3-1-2-4-19(18)10-20/h5-6,10,15-17,24H,1-4,7-9,11-14H2,(H,23,25). The molecule has 4 fully saturated rings. The fourth-order valence-electron chi connectivity index (χ4n) is 6.95. The number of carbonyl (C=O) groups is 1. The van der Waals surface area contributed by atoms with E-state index in [9.17, 15) is 13.2 Å². The molecule has 1 aromatic carbocycles. The van der Waals surface area contributed by atoms with Crippen molar-refractivity contribution in [3.05, 3.63) is 29.3 Å². The van der Waals surface area contributed by atoms with Crippen molar-refractivity contribution in [3.8, 4) is 0 Å². The van der Waals surface area contributed by atoms with Gasteiger partial charge in [-0.05, 0) is 111 Å². The van der Waals surface area contributed by atoms with Crippen molar-refractivity contribution in [2.24, 2.45) is 23.2 Å². The summed E-state index contributed by atoms with van der Waals surface area (Å²) >= 11 is 0. The molecule has 0 unspecified atom stereocenters. The highest BCUT2D eigenvalue weighted by Crippen LogP contribution is 2.61. The summed E-state index contributed by atoms with van der Waals surface area (Å²) in [5.74, 6) is 2.16. The van der Waals surface area contributed by atoms with Crippen LogP contribution in [0.4, 0.5) is 0 Å².